The maximum absolute atomic E-state index is 6.14. The van der Waals surface area contributed by atoms with E-state index < -0.39 is 0 Å². The van der Waals surface area contributed by atoms with Crippen molar-refractivity contribution in [2.24, 2.45) is 0 Å². The Hall–Kier alpha value is -1.13. The van der Waals surface area contributed by atoms with Gasteiger partial charge in [-0.2, -0.15) is 0 Å². The first-order valence-electron chi connectivity index (χ1n) is 7.49. The van der Waals surface area contributed by atoms with E-state index in [9.17, 15) is 0 Å². The highest BCUT2D eigenvalue weighted by Crippen LogP contribution is 2.35. The van der Waals surface area contributed by atoms with Gasteiger partial charge in [0.15, 0.2) is 0 Å². The predicted molar refractivity (Wildman–Crippen MR) is 86.8 cm³/mol. The summed E-state index contributed by atoms with van der Waals surface area (Å²) in [5.41, 5.74) is 8.40. The summed E-state index contributed by atoms with van der Waals surface area (Å²) < 4.78 is 0. The Kier molecular flexibility index (Phi) is 5.96. The van der Waals surface area contributed by atoms with Crippen LogP contribution in [0.5, 0.6) is 0 Å². The Morgan fingerprint density at radius 2 is 2.05 bits per heavy atom. The SMILES string of the molecule is CCCNC(c1cc(C)cnc1N)C(C)(CC)N(C)C. The second-order valence-corrected chi connectivity index (χ2v) is 5.98. The molecule has 0 aliphatic heterocycles. The van der Waals surface area contributed by atoms with Crippen molar-refractivity contribution < 1.29 is 0 Å². The number of rotatable bonds is 7. The maximum Gasteiger partial charge on any atom is 0.128 e. The molecule has 0 aromatic carbocycles. The standard InChI is InChI=1S/C16H30N4/c1-7-9-18-14(16(4,8-2)20(5)6)13-10-12(3)11-19-15(13)17/h10-11,14,18H,7-9H2,1-6H3,(H2,17,19). The lowest BCUT2D eigenvalue weighted by Gasteiger charge is -2.43. The number of aromatic nitrogens is 1. The predicted octanol–water partition coefficient (Wildman–Crippen LogP) is 2.74. The van der Waals surface area contributed by atoms with Crippen molar-refractivity contribution in [3.05, 3.63) is 23.4 Å². The first-order chi connectivity index (χ1) is 9.36. The van der Waals surface area contributed by atoms with Crippen molar-refractivity contribution >= 4 is 5.82 Å². The molecular weight excluding hydrogens is 248 g/mol. The Bertz CT molecular complexity index is 430. The molecule has 0 amide bonds. The number of anilines is 1. The fraction of sp³-hybridized carbons (Fsp3) is 0.688. The highest BCUT2D eigenvalue weighted by atomic mass is 15.2. The van der Waals surface area contributed by atoms with E-state index in [1.165, 1.54) is 0 Å². The van der Waals surface area contributed by atoms with Crippen LogP contribution in [0, 0.1) is 6.92 Å². The molecule has 0 aliphatic rings. The summed E-state index contributed by atoms with van der Waals surface area (Å²) in [6.45, 7) is 9.72. The molecule has 4 heteroatoms. The average molecular weight is 278 g/mol. The molecule has 4 nitrogen and oxygen atoms in total. The Balaban J connectivity index is 3.27. The molecule has 1 aromatic rings. The van der Waals surface area contributed by atoms with Crippen molar-refractivity contribution in [3.8, 4) is 0 Å². The van der Waals surface area contributed by atoms with Gasteiger partial charge in [-0.25, -0.2) is 4.98 Å². The van der Waals surface area contributed by atoms with E-state index >= 15 is 0 Å². The number of nitrogens with one attached hydrogen (secondary N) is 1. The zero-order valence-electron chi connectivity index (χ0n) is 13.8. The van der Waals surface area contributed by atoms with Crippen molar-refractivity contribution in [2.45, 2.75) is 52.1 Å². The molecule has 2 unspecified atom stereocenters. The minimum Gasteiger partial charge on any atom is -0.383 e. The van der Waals surface area contributed by atoms with Gasteiger partial charge in [0.2, 0.25) is 0 Å². The largest absolute Gasteiger partial charge is 0.383 e. The number of nitrogens with two attached hydrogens (primary N) is 1. The molecule has 1 aromatic heterocycles. The first kappa shape index (κ1) is 16.9. The second-order valence-electron chi connectivity index (χ2n) is 5.98. The van der Waals surface area contributed by atoms with Crippen LogP contribution in [0.25, 0.3) is 0 Å². The van der Waals surface area contributed by atoms with E-state index in [-0.39, 0.29) is 11.6 Å². The molecule has 20 heavy (non-hydrogen) atoms. The van der Waals surface area contributed by atoms with Crippen LogP contribution < -0.4 is 11.1 Å². The van der Waals surface area contributed by atoms with Crippen LogP contribution in [-0.4, -0.2) is 36.1 Å². The number of hydrogen-bond donors (Lipinski definition) is 2. The highest BCUT2D eigenvalue weighted by molar-refractivity contribution is 5.44. The van der Waals surface area contributed by atoms with Gasteiger partial charge < -0.3 is 16.0 Å². The van der Waals surface area contributed by atoms with Gasteiger partial charge in [-0.1, -0.05) is 13.8 Å². The zero-order chi connectivity index (χ0) is 15.3. The van der Waals surface area contributed by atoms with Gasteiger partial charge in [-0.05, 0) is 59.0 Å². The van der Waals surface area contributed by atoms with Gasteiger partial charge in [0.25, 0.3) is 0 Å². The summed E-state index contributed by atoms with van der Waals surface area (Å²) >= 11 is 0. The highest BCUT2D eigenvalue weighted by Gasteiger charge is 2.36. The average Bonchev–Trinajstić information content (AvgIpc) is 2.42. The Labute approximate surface area is 123 Å². The van der Waals surface area contributed by atoms with Crippen molar-refractivity contribution in [1.82, 2.24) is 15.2 Å². The van der Waals surface area contributed by atoms with Crippen LogP contribution in [-0.2, 0) is 0 Å². The lowest BCUT2D eigenvalue weighted by Crippen LogP contribution is -2.51. The summed E-state index contributed by atoms with van der Waals surface area (Å²) in [4.78, 5) is 6.61. The van der Waals surface area contributed by atoms with Gasteiger partial charge in [0.05, 0.1) is 6.04 Å². The molecule has 114 valence electrons. The molecule has 1 rings (SSSR count). The van der Waals surface area contributed by atoms with Crippen LogP contribution in [0.4, 0.5) is 5.82 Å². The molecular formula is C16H30N4. The molecule has 0 bridgehead atoms. The number of pyridine rings is 1. The third kappa shape index (κ3) is 3.49. The minimum atomic E-state index is -0.00123. The lowest BCUT2D eigenvalue weighted by atomic mass is 9.83. The number of hydrogen-bond acceptors (Lipinski definition) is 4. The summed E-state index contributed by atoms with van der Waals surface area (Å²) in [6.07, 6.45) is 3.96. The number of nitrogens with zero attached hydrogens (tertiary/aromatic N) is 2. The molecule has 0 aliphatic carbocycles. The zero-order valence-corrected chi connectivity index (χ0v) is 13.8. The monoisotopic (exact) mass is 278 g/mol. The molecule has 0 fully saturated rings. The molecule has 0 radical (unpaired) electrons. The molecule has 0 saturated heterocycles. The van der Waals surface area contributed by atoms with E-state index in [4.69, 9.17) is 5.73 Å². The molecule has 0 saturated carbocycles. The van der Waals surface area contributed by atoms with Gasteiger partial charge in [-0.3, -0.25) is 0 Å². The minimum absolute atomic E-state index is 0.00123. The quantitative estimate of drug-likeness (QED) is 0.805. The lowest BCUT2D eigenvalue weighted by molar-refractivity contribution is 0.113. The van der Waals surface area contributed by atoms with E-state index in [1.807, 2.05) is 6.20 Å². The van der Waals surface area contributed by atoms with Gasteiger partial charge in [0, 0.05) is 17.3 Å². The summed E-state index contributed by atoms with van der Waals surface area (Å²) in [6, 6.07) is 2.34. The van der Waals surface area contributed by atoms with E-state index in [0.29, 0.717) is 5.82 Å². The Morgan fingerprint density at radius 3 is 2.55 bits per heavy atom. The topological polar surface area (TPSA) is 54.2 Å². The maximum atomic E-state index is 6.14. The molecule has 1 heterocycles. The number of nitrogen functional groups attached to an aromatic ring is 1. The van der Waals surface area contributed by atoms with Crippen molar-refractivity contribution in [3.63, 3.8) is 0 Å². The normalized spacial score (nSPS) is 16.1. The van der Waals surface area contributed by atoms with Crippen LogP contribution in [0.1, 0.15) is 50.8 Å². The van der Waals surface area contributed by atoms with Crippen LogP contribution in [0.2, 0.25) is 0 Å². The number of aryl methyl sites for hydroxylation is 1. The van der Waals surface area contributed by atoms with E-state index in [0.717, 1.165) is 30.5 Å². The fourth-order valence-corrected chi connectivity index (χ4v) is 2.57. The van der Waals surface area contributed by atoms with Crippen LogP contribution in [0.3, 0.4) is 0 Å². The van der Waals surface area contributed by atoms with Gasteiger partial charge >= 0.3 is 0 Å². The third-order valence-corrected chi connectivity index (χ3v) is 4.36. The number of likely N-dealkylation sites (N-methyl/N-ethyl adjacent to an activating group) is 1. The fourth-order valence-electron chi connectivity index (χ4n) is 2.57. The first-order valence-corrected chi connectivity index (χ1v) is 7.49. The third-order valence-electron chi connectivity index (χ3n) is 4.36. The molecule has 2 atom stereocenters. The van der Waals surface area contributed by atoms with Crippen molar-refractivity contribution in [2.75, 3.05) is 26.4 Å². The van der Waals surface area contributed by atoms with E-state index in [2.05, 4.69) is 63.1 Å². The van der Waals surface area contributed by atoms with Gasteiger partial charge in [-0.15, -0.1) is 0 Å². The summed E-state index contributed by atoms with van der Waals surface area (Å²) in [5.74, 6) is 0.630. The Morgan fingerprint density at radius 1 is 1.40 bits per heavy atom. The van der Waals surface area contributed by atoms with Crippen LogP contribution in [0.15, 0.2) is 12.3 Å². The van der Waals surface area contributed by atoms with Gasteiger partial charge in [0.1, 0.15) is 5.82 Å². The van der Waals surface area contributed by atoms with Crippen LogP contribution >= 0.6 is 0 Å². The smallest absolute Gasteiger partial charge is 0.128 e. The summed E-state index contributed by atoms with van der Waals surface area (Å²) in [5, 5.41) is 3.66. The second kappa shape index (κ2) is 7.04. The summed E-state index contributed by atoms with van der Waals surface area (Å²) in [7, 11) is 4.26. The van der Waals surface area contributed by atoms with E-state index in [1.54, 1.807) is 0 Å². The van der Waals surface area contributed by atoms with Crippen molar-refractivity contribution in [1.29, 1.82) is 0 Å². The molecule has 3 N–H and O–H groups in total. The molecule has 0 spiro atoms.